The summed E-state index contributed by atoms with van der Waals surface area (Å²) in [5, 5.41) is 7.49. The van der Waals surface area contributed by atoms with Crippen molar-refractivity contribution in [2.45, 2.75) is 30.7 Å². The average molecular weight is 279 g/mol. The van der Waals surface area contributed by atoms with Gasteiger partial charge < -0.3 is 5.32 Å². The smallest absolute Gasteiger partial charge is 0.224 e. The van der Waals surface area contributed by atoms with Gasteiger partial charge in [-0.2, -0.15) is 0 Å². The predicted octanol–water partition coefficient (Wildman–Crippen LogP) is 4.02. The first kappa shape index (κ1) is 12.2. The third-order valence-corrected chi connectivity index (χ3v) is 5.47. The fraction of sp³-hybridized carbons (Fsp3) is 0.538. The van der Waals surface area contributed by atoms with Crippen molar-refractivity contribution in [1.29, 1.82) is 0 Å². The zero-order chi connectivity index (χ0) is 12.4. The van der Waals surface area contributed by atoms with E-state index in [1.54, 1.807) is 11.3 Å². The largest absolute Gasteiger partial charge is 0.357 e. The molecule has 0 atom stereocenters. The highest BCUT2D eigenvalue weighted by molar-refractivity contribution is 7.99. The topological polar surface area (TPSA) is 37.8 Å². The molecule has 0 amide bonds. The zero-order valence-electron chi connectivity index (χ0n) is 10.5. The fourth-order valence-corrected chi connectivity index (χ4v) is 4.45. The second-order valence-corrected chi connectivity index (χ2v) is 6.61. The van der Waals surface area contributed by atoms with Crippen LogP contribution in [-0.2, 0) is 0 Å². The van der Waals surface area contributed by atoms with Crippen LogP contribution < -0.4 is 5.32 Å². The molecule has 5 heteroatoms. The Morgan fingerprint density at radius 3 is 3.00 bits per heavy atom. The first-order chi connectivity index (χ1) is 8.86. The van der Waals surface area contributed by atoms with E-state index in [9.17, 15) is 0 Å². The van der Waals surface area contributed by atoms with Gasteiger partial charge in [0.15, 0.2) is 0 Å². The van der Waals surface area contributed by atoms with Gasteiger partial charge in [-0.25, -0.2) is 9.97 Å². The molecular weight excluding hydrogens is 262 g/mol. The first-order valence-electron chi connectivity index (χ1n) is 6.42. The summed E-state index contributed by atoms with van der Waals surface area (Å²) in [6.07, 6.45) is 5.60. The van der Waals surface area contributed by atoms with Gasteiger partial charge in [0.05, 0.1) is 0 Å². The molecule has 2 aromatic heterocycles. The molecule has 0 radical (unpaired) electrons. The summed E-state index contributed by atoms with van der Waals surface area (Å²) in [7, 11) is 1.88. The Kier molecular flexibility index (Phi) is 3.70. The van der Waals surface area contributed by atoms with Crippen molar-refractivity contribution in [1.82, 2.24) is 9.97 Å². The molecule has 18 heavy (non-hydrogen) atoms. The summed E-state index contributed by atoms with van der Waals surface area (Å²) in [6.45, 7) is 0. The maximum Gasteiger partial charge on any atom is 0.224 e. The molecule has 0 aromatic carbocycles. The van der Waals surface area contributed by atoms with E-state index < -0.39 is 0 Å². The lowest BCUT2D eigenvalue weighted by molar-refractivity contribution is 0.623. The molecule has 96 valence electrons. The maximum atomic E-state index is 4.60. The van der Waals surface area contributed by atoms with Crippen molar-refractivity contribution in [2.24, 2.45) is 5.92 Å². The molecule has 0 unspecified atom stereocenters. The fourth-order valence-electron chi connectivity index (χ4n) is 2.42. The molecule has 3 rings (SSSR count). The van der Waals surface area contributed by atoms with Crippen LogP contribution in [0.25, 0.3) is 10.2 Å². The van der Waals surface area contributed by atoms with Crippen LogP contribution in [0.4, 0.5) is 5.95 Å². The van der Waals surface area contributed by atoms with Gasteiger partial charge in [-0.3, -0.25) is 0 Å². The minimum absolute atomic E-state index is 0.735. The SMILES string of the molecule is CNc1nc(SCC2CCCC2)c2ccsc2n1. The maximum absolute atomic E-state index is 4.60. The number of hydrogen-bond acceptors (Lipinski definition) is 5. The van der Waals surface area contributed by atoms with Crippen molar-refractivity contribution < 1.29 is 0 Å². The number of hydrogen-bond donors (Lipinski definition) is 1. The van der Waals surface area contributed by atoms with Crippen LogP contribution in [0.3, 0.4) is 0 Å². The van der Waals surface area contributed by atoms with Crippen LogP contribution in [0.5, 0.6) is 0 Å². The molecule has 2 heterocycles. The number of aromatic nitrogens is 2. The quantitative estimate of drug-likeness (QED) is 0.677. The Balaban J connectivity index is 1.82. The Labute approximate surface area is 115 Å². The van der Waals surface area contributed by atoms with Crippen molar-refractivity contribution in [3.63, 3.8) is 0 Å². The second kappa shape index (κ2) is 5.45. The van der Waals surface area contributed by atoms with Crippen LogP contribution in [0.15, 0.2) is 16.5 Å². The van der Waals surface area contributed by atoms with E-state index in [0.29, 0.717) is 0 Å². The minimum Gasteiger partial charge on any atom is -0.357 e. The Morgan fingerprint density at radius 1 is 1.39 bits per heavy atom. The molecule has 1 fully saturated rings. The van der Waals surface area contributed by atoms with E-state index >= 15 is 0 Å². The molecule has 0 saturated heterocycles. The molecule has 1 saturated carbocycles. The van der Waals surface area contributed by atoms with Crippen molar-refractivity contribution in [3.05, 3.63) is 11.4 Å². The number of anilines is 1. The molecule has 1 N–H and O–H groups in total. The van der Waals surface area contributed by atoms with Crippen LogP contribution in [0.2, 0.25) is 0 Å². The highest BCUT2D eigenvalue weighted by Crippen LogP contribution is 2.34. The van der Waals surface area contributed by atoms with E-state index in [2.05, 4.69) is 26.7 Å². The standard InChI is InChI=1S/C13H17N3S2/c1-14-13-15-11-10(6-7-17-11)12(16-13)18-8-9-4-2-3-5-9/h6-7,9H,2-5,8H2,1H3,(H,14,15,16). The third kappa shape index (κ3) is 2.47. The summed E-state index contributed by atoms with van der Waals surface area (Å²) < 4.78 is 0. The van der Waals surface area contributed by atoms with Gasteiger partial charge in [-0.15, -0.1) is 23.1 Å². The Morgan fingerprint density at radius 2 is 2.22 bits per heavy atom. The molecule has 3 nitrogen and oxygen atoms in total. The summed E-state index contributed by atoms with van der Waals surface area (Å²) in [6, 6.07) is 2.14. The van der Waals surface area contributed by atoms with Gasteiger partial charge >= 0.3 is 0 Å². The third-order valence-electron chi connectivity index (χ3n) is 3.44. The van der Waals surface area contributed by atoms with E-state index in [0.717, 1.165) is 21.7 Å². The van der Waals surface area contributed by atoms with Gasteiger partial charge in [-0.1, -0.05) is 12.8 Å². The summed E-state index contributed by atoms with van der Waals surface area (Å²) in [5.41, 5.74) is 0. The minimum atomic E-state index is 0.735. The molecule has 1 aliphatic carbocycles. The lowest BCUT2D eigenvalue weighted by atomic mass is 10.1. The molecule has 2 aromatic rings. The van der Waals surface area contributed by atoms with E-state index in [1.165, 1.54) is 36.8 Å². The molecule has 1 aliphatic rings. The van der Waals surface area contributed by atoms with Gasteiger partial charge in [-0.05, 0) is 30.2 Å². The van der Waals surface area contributed by atoms with E-state index in [1.807, 2.05) is 18.8 Å². The number of nitrogens with zero attached hydrogens (tertiary/aromatic N) is 2. The Hall–Kier alpha value is -0.810. The number of thioether (sulfide) groups is 1. The van der Waals surface area contributed by atoms with Crippen molar-refractivity contribution in [3.8, 4) is 0 Å². The summed E-state index contributed by atoms with van der Waals surface area (Å²) in [5.74, 6) is 2.82. The number of fused-ring (bicyclic) bond motifs is 1. The van der Waals surface area contributed by atoms with Crippen LogP contribution in [-0.4, -0.2) is 22.8 Å². The molecule has 0 aliphatic heterocycles. The van der Waals surface area contributed by atoms with Gasteiger partial charge in [0.2, 0.25) is 5.95 Å². The van der Waals surface area contributed by atoms with Crippen molar-refractivity contribution in [2.75, 3.05) is 18.1 Å². The lowest BCUT2D eigenvalue weighted by Gasteiger charge is -2.09. The normalized spacial score (nSPS) is 16.5. The lowest BCUT2D eigenvalue weighted by Crippen LogP contribution is -2.00. The second-order valence-electron chi connectivity index (χ2n) is 4.70. The first-order valence-corrected chi connectivity index (χ1v) is 8.29. The van der Waals surface area contributed by atoms with E-state index in [-0.39, 0.29) is 0 Å². The molecule has 0 bridgehead atoms. The zero-order valence-corrected chi connectivity index (χ0v) is 12.1. The van der Waals surface area contributed by atoms with Gasteiger partial charge in [0, 0.05) is 18.2 Å². The van der Waals surface area contributed by atoms with Crippen LogP contribution in [0.1, 0.15) is 25.7 Å². The number of thiophene rings is 1. The number of rotatable bonds is 4. The monoisotopic (exact) mass is 279 g/mol. The summed E-state index contributed by atoms with van der Waals surface area (Å²) >= 11 is 3.58. The predicted molar refractivity (Wildman–Crippen MR) is 79.6 cm³/mol. The van der Waals surface area contributed by atoms with Crippen LogP contribution in [0, 0.1) is 5.92 Å². The molecular formula is C13H17N3S2. The highest BCUT2D eigenvalue weighted by Gasteiger charge is 2.17. The number of nitrogens with one attached hydrogen (secondary N) is 1. The summed E-state index contributed by atoms with van der Waals surface area (Å²) in [4.78, 5) is 10.2. The highest BCUT2D eigenvalue weighted by atomic mass is 32.2. The molecule has 0 spiro atoms. The van der Waals surface area contributed by atoms with Crippen LogP contribution >= 0.6 is 23.1 Å². The van der Waals surface area contributed by atoms with Gasteiger partial charge in [0.25, 0.3) is 0 Å². The van der Waals surface area contributed by atoms with Gasteiger partial charge in [0.1, 0.15) is 9.86 Å². The van der Waals surface area contributed by atoms with E-state index in [4.69, 9.17) is 0 Å². The average Bonchev–Trinajstić information content (AvgIpc) is 3.06. The Bertz CT molecular complexity index is 532. The van der Waals surface area contributed by atoms with Crippen molar-refractivity contribution >= 4 is 39.3 Å².